The Kier molecular flexibility index (Phi) is 5.36. The second kappa shape index (κ2) is 7.56. The van der Waals surface area contributed by atoms with Crippen LogP contribution in [0.25, 0.3) is 11.1 Å². The predicted molar refractivity (Wildman–Crippen MR) is 101 cm³/mol. The van der Waals surface area contributed by atoms with E-state index in [4.69, 9.17) is 10.2 Å². The first-order chi connectivity index (χ1) is 12.8. The highest BCUT2D eigenvalue weighted by molar-refractivity contribution is 5.82. The van der Waals surface area contributed by atoms with Crippen molar-refractivity contribution in [3.05, 3.63) is 34.3 Å². The molecule has 0 radical (unpaired) electrons. The van der Waals surface area contributed by atoms with Gasteiger partial charge in [0.05, 0.1) is 5.52 Å². The van der Waals surface area contributed by atoms with Crippen molar-refractivity contribution in [1.82, 2.24) is 14.4 Å². The lowest BCUT2D eigenvalue weighted by molar-refractivity contribution is -0.138. The maximum absolute atomic E-state index is 12.7. The van der Waals surface area contributed by atoms with E-state index in [2.05, 4.69) is 0 Å². The van der Waals surface area contributed by atoms with E-state index in [0.29, 0.717) is 24.2 Å². The van der Waals surface area contributed by atoms with Crippen molar-refractivity contribution < 1.29 is 14.0 Å². The molecule has 1 saturated heterocycles. The lowest BCUT2D eigenvalue weighted by atomic mass is 10.1. The van der Waals surface area contributed by atoms with Gasteiger partial charge in [0.2, 0.25) is 11.8 Å². The molecule has 2 aromatic rings. The zero-order valence-electron chi connectivity index (χ0n) is 16.0. The summed E-state index contributed by atoms with van der Waals surface area (Å²) in [5.74, 6) is -0.990. The van der Waals surface area contributed by atoms with Crippen LogP contribution in [0.2, 0.25) is 0 Å². The maximum Gasteiger partial charge on any atom is 0.419 e. The summed E-state index contributed by atoms with van der Waals surface area (Å²) in [6.45, 7) is 7.61. The van der Waals surface area contributed by atoms with E-state index in [0.717, 1.165) is 5.56 Å². The molecule has 2 heterocycles. The molecule has 1 fully saturated rings. The van der Waals surface area contributed by atoms with Crippen LogP contribution < -0.4 is 11.5 Å². The number of amides is 2. The van der Waals surface area contributed by atoms with Crippen molar-refractivity contribution in [2.75, 3.05) is 19.6 Å². The van der Waals surface area contributed by atoms with Gasteiger partial charge in [0.1, 0.15) is 6.04 Å². The van der Waals surface area contributed by atoms with Crippen molar-refractivity contribution in [3.8, 4) is 0 Å². The van der Waals surface area contributed by atoms with Gasteiger partial charge >= 0.3 is 5.76 Å². The van der Waals surface area contributed by atoms with Crippen LogP contribution in [-0.2, 0) is 16.1 Å². The van der Waals surface area contributed by atoms with Gasteiger partial charge in [-0.05, 0) is 38.5 Å². The third-order valence-corrected chi connectivity index (χ3v) is 5.14. The number of oxazole rings is 1. The van der Waals surface area contributed by atoms with Crippen LogP contribution >= 0.6 is 0 Å². The lowest BCUT2D eigenvalue weighted by Gasteiger charge is -2.42. The molecule has 0 bridgehead atoms. The van der Waals surface area contributed by atoms with Crippen LogP contribution in [0.5, 0.6) is 0 Å². The molecule has 3 rings (SSSR count). The van der Waals surface area contributed by atoms with Gasteiger partial charge in [0.15, 0.2) is 5.58 Å². The van der Waals surface area contributed by atoms with Gasteiger partial charge in [0, 0.05) is 38.6 Å². The number of nitrogens with zero attached hydrogens (tertiary/aromatic N) is 3. The molecular formula is C19H26N4O4. The summed E-state index contributed by atoms with van der Waals surface area (Å²) in [6.07, 6.45) is 0.162. The Bertz CT molecular complexity index is 914. The average molecular weight is 374 g/mol. The van der Waals surface area contributed by atoms with Crippen molar-refractivity contribution >= 4 is 22.9 Å². The molecule has 2 amide bonds. The first-order valence-electron chi connectivity index (χ1n) is 9.20. The lowest BCUT2D eigenvalue weighted by Crippen LogP contribution is -2.61. The molecule has 1 aromatic heterocycles. The number of carbonyl (C=O) groups is 2. The smallest absolute Gasteiger partial charge is 0.408 e. The number of primary amides is 1. The van der Waals surface area contributed by atoms with Gasteiger partial charge in [-0.15, -0.1) is 0 Å². The minimum Gasteiger partial charge on any atom is -0.408 e. The molecule has 1 aliphatic heterocycles. The SMILES string of the molecule is Cc1ccc2oc(=O)n(CCC(=O)N3CCN(C(C)C)C(C(N)=O)C3)c2c1. The molecule has 0 saturated carbocycles. The number of piperazine rings is 1. The Labute approximate surface area is 157 Å². The van der Waals surface area contributed by atoms with E-state index >= 15 is 0 Å². The third-order valence-electron chi connectivity index (χ3n) is 5.14. The Morgan fingerprint density at radius 1 is 1.30 bits per heavy atom. The van der Waals surface area contributed by atoms with Crippen molar-refractivity contribution in [3.63, 3.8) is 0 Å². The van der Waals surface area contributed by atoms with Gasteiger partial charge in [-0.1, -0.05) is 6.07 Å². The van der Waals surface area contributed by atoms with E-state index in [1.54, 1.807) is 11.0 Å². The van der Waals surface area contributed by atoms with E-state index in [-0.39, 0.29) is 31.5 Å². The van der Waals surface area contributed by atoms with Gasteiger partial charge in [-0.3, -0.25) is 19.1 Å². The first-order valence-corrected chi connectivity index (χ1v) is 9.20. The van der Waals surface area contributed by atoms with Gasteiger partial charge < -0.3 is 15.1 Å². The topological polar surface area (TPSA) is 102 Å². The highest BCUT2D eigenvalue weighted by atomic mass is 16.4. The van der Waals surface area contributed by atoms with E-state index < -0.39 is 17.7 Å². The number of aryl methyl sites for hydroxylation is 2. The summed E-state index contributed by atoms with van der Waals surface area (Å²) in [7, 11) is 0. The molecule has 1 atom stereocenters. The number of aromatic nitrogens is 1. The molecule has 8 heteroatoms. The summed E-state index contributed by atoms with van der Waals surface area (Å²) >= 11 is 0. The van der Waals surface area contributed by atoms with Gasteiger partial charge in [0.25, 0.3) is 0 Å². The van der Waals surface area contributed by atoms with Crippen molar-refractivity contribution in [1.29, 1.82) is 0 Å². The number of fused-ring (bicyclic) bond motifs is 1. The number of hydrogen-bond acceptors (Lipinski definition) is 5. The molecule has 1 unspecified atom stereocenters. The van der Waals surface area contributed by atoms with E-state index in [9.17, 15) is 14.4 Å². The van der Waals surface area contributed by atoms with Crippen molar-refractivity contribution in [2.24, 2.45) is 5.73 Å². The summed E-state index contributed by atoms with van der Waals surface area (Å²) in [4.78, 5) is 40.2. The molecule has 0 spiro atoms. The number of nitrogens with two attached hydrogens (primary N) is 1. The highest BCUT2D eigenvalue weighted by Crippen LogP contribution is 2.17. The van der Waals surface area contributed by atoms with E-state index in [1.165, 1.54) is 4.57 Å². The predicted octanol–water partition coefficient (Wildman–Crippen LogP) is 0.700. The molecule has 27 heavy (non-hydrogen) atoms. The van der Waals surface area contributed by atoms with Crippen LogP contribution in [0.3, 0.4) is 0 Å². The molecule has 1 aromatic carbocycles. The second-order valence-corrected chi connectivity index (χ2v) is 7.33. The molecule has 8 nitrogen and oxygen atoms in total. The Morgan fingerprint density at radius 2 is 2.04 bits per heavy atom. The number of carbonyl (C=O) groups excluding carboxylic acids is 2. The molecule has 2 N–H and O–H groups in total. The van der Waals surface area contributed by atoms with Crippen LogP contribution in [0, 0.1) is 6.92 Å². The summed E-state index contributed by atoms with van der Waals surface area (Å²) < 4.78 is 6.72. The molecule has 146 valence electrons. The van der Waals surface area contributed by atoms with Gasteiger partial charge in [-0.2, -0.15) is 0 Å². The standard InChI is InChI=1S/C19H26N4O4/c1-12(2)22-9-8-21(11-15(22)18(20)25)17(24)6-7-23-14-10-13(3)4-5-16(14)27-19(23)26/h4-5,10,12,15H,6-9,11H2,1-3H3,(H2,20,25). The van der Waals surface area contributed by atoms with Crippen LogP contribution in [0.1, 0.15) is 25.8 Å². The largest absolute Gasteiger partial charge is 0.419 e. The Hall–Kier alpha value is -2.61. The van der Waals surface area contributed by atoms with Crippen molar-refractivity contribution in [2.45, 2.75) is 45.8 Å². The molecule has 0 aliphatic carbocycles. The fourth-order valence-corrected chi connectivity index (χ4v) is 3.64. The minimum atomic E-state index is -0.483. The molecule has 1 aliphatic rings. The van der Waals surface area contributed by atoms with Crippen LogP contribution in [-0.4, -0.2) is 57.9 Å². The summed E-state index contributed by atoms with van der Waals surface area (Å²) in [6, 6.07) is 5.20. The van der Waals surface area contributed by atoms with E-state index in [1.807, 2.05) is 37.8 Å². The summed E-state index contributed by atoms with van der Waals surface area (Å²) in [5.41, 5.74) is 7.74. The third kappa shape index (κ3) is 3.90. The fourth-order valence-electron chi connectivity index (χ4n) is 3.64. The second-order valence-electron chi connectivity index (χ2n) is 7.33. The number of rotatable bonds is 5. The normalized spacial score (nSPS) is 18.4. The average Bonchev–Trinajstić information content (AvgIpc) is 2.93. The number of benzene rings is 1. The fraction of sp³-hybridized carbons (Fsp3) is 0.526. The Morgan fingerprint density at radius 3 is 2.70 bits per heavy atom. The highest BCUT2D eigenvalue weighted by Gasteiger charge is 2.34. The maximum atomic E-state index is 12.7. The van der Waals surface area contributed by atoms with Gasteiger partial charge in [-0.25, -0.2) is 4.79 Å². The number of hydrogen-bond donors (Lipinski definition) is 1. The minimum absolute atomic E-state index is 0.0986. The zero-order chi connectivity index (χ0) is 19.7. The van der Waals surface area contributed by atoms with Crippen LogP contribution in [0.4, 0.5) is 0 Å². The summed E-state index contributed by atoms with van der Waals surface area (Å²) in [5, 5.41) is 0. The quantitative estimate of drug-likeness (QED) is 0.830. The zero-order valence-corrected chi connectivity index (χ0v) is 16.0. The first kappa shape index (κ1) is 19.2. The van der Waals surface area contributed by atoms with Crippen LogP contribution in [0.15, 0.2) is 27.4 Å². The molecular weight excluding hydrogens is 348 g/mol. The monoisotopic (exact) mass is 374 g/mol. The Balaban J connectivity index is 1.70.